The molecule has 8 heteroatoms. The zero-order valence-electron chi connectivity index (χ0n) is 9.91. The highest BCUT2D eigenvalue weighted by atomic mass is 32.2. The molecule has 0 aliphatic carbocycles. The molecule has 0 aliphatic heterocycles. The Labute approximate surface area is 108 Å². The number of aromatic amines is 1. The molecule has 0 amide bonds. The summed E-state index contributed by atoms with van der Waals surface area (Å²) in [6.07, 6.45) is 0. The Morgan fingerprint density at radius 3 is 2.79 bits per heavy atom. The van der Waals surface area contributed by atoms with Crippen LogP contribution in [0.1, 0.15) is 5.56 Å². The van der Waals surface area contributed by atoms with Crippen molar-refractivity contribution in [3.63, 3.8) is 0 Å². The topological polar surface area (TPSA) is 115 Å². The van der Waals surface area contributed by atoms with Crippen molar-refractivity contribution in [2.75, 3.05) is 0 Å². The number of aromatic nitrogens is 3. The molecule has 19 heavy (non-hydrogen) atoms. The van der Waals surface area contributed by atoms with E-state index >= 15 is 0 Å². The first-order valence-electron chi connectivity index (χ1n) is 5.39. The van der Waals surface area contributed by atoms with Crippen molar-refractivity contribution in [3.05, 3.63) is 29.8 Å². The van der Waals surface area contributed by atoms with Gasteiger partial charge < -0.3 is 4.42 Å². The molecule has 0 spiro atoms. The summed E-state index contributed by atoms with van der Waals surface area (Å²) in [6, 6.07) is 7.46. The molecule has 0 unspecified atom stereocenters. The molecule has 0 atom stereocenters. The van der Waals surface area contributed by atoms with Gasteiger partial charge in [-0.2, -0.15) is 4.98 Å². The third-order valence-electron chi connectivity index (χ3n) is 2.63. The third-order valence-corrected chi connectivity index (χ3v) is 3.35. The second kappa shape index (κ2) is 3.90. The van der Waals surface area contributed by atoms with Gasteiger partial charge in [0, 0.05) is 5.39 Å². The van der Waals surface area contributed by atoms with E-state index in [1.807, 2.05) is 25.1 Å². The monoisotopic (exact) mass is 278 g/mol. The van der Waals surface area contributed by atoms with Crippen molar-refractivity contribution < 1.29 is 12.8 Å². The molecular formula is C11H10N4O3S. The fraction of sp³-hybridized carbons (Fsp3) is 0.0909. The summed E-state index contributed by atoms with van der Waals surface area (Å²) in [6.45, 7) is 1.97. The van der Waals surface area contributed by atoms with E-state index in [-0.39, 0.29) is 11.0 Å². The number of fused-ring (bicyclic) bond motifs is 1. The van der Waals surface area contributed by atoms with Gasteiger partial charge in [-0.3, -0.25) is 0 Å². The molecule has 2 heterocycles. The Bertz CT molecular complexity index is 863. The number of nitrogens with zero attached hydrogens (tertiary/aromatic N) is 2. The molecule has 7 nitrogen and oxygen atoms in total. The maximum Gasteiger partial charge on any atom is 0.273 e. The Kier molecular flexibility index (Phi) is 2.44. The first kappa shape index (κ1) is 11.9. The van der Waals surface area contributed by atoms with E-state index < -0.39 is 10.0 Å². The van der Waals surface area contributed by atoms with Gasteiger partial charge in [0.1, 0.15) is 5.58 Å². The zero-order valence-corrected chi connectivity index (χ0v) is 10.7. The number of benzene rings is 1. The predicted molar refractivity (Wildman–Crippen MR) is 67.7 cm³/mol. The van der Waals surface area contributed by atoms with Crippen LogP contribution in [0.3, 0.4) is 0 Å². The molecule has 3 aromatic rings. The van der Waals surface area contributed by atoms with Gasteiger partial charge in [-0.25, -0.2) is 18.7 Å². The number of nitrogens with one attached hydrogen (secondary N) is 1. The van der Waals surface area contributed by atoms with Gasteiger partial charge in [0.15, 0.2) is 5.76 Å². The lowest BCUT2D eigenvalue weighted by Crippen LogP contribution is -2.13. The third kappa shape index (κ3) is 2.11. The largest absolute Gasteiger partial charge is 0.453 e. The number of aryl methyl sites for hydroxylation is 1. The molecule has 0 aliphatic rings. The predicted octanol–water partition coefficient (Wildman–Crippen LogP) is 1.17. The van der Waals surface area contributed by atoms with Gasteiger partial charge in [-0.05, 0) is 25.1 Å². The van der Waals surface area contributed by atoms with Crippen molar-refractivity contribution >= 4 is 21.0 Å². The Morgan fingerprint density at radius 2 is 2.11 bits per heavy atom. The molecular weight excluding hydrogens is 268 g/mol. The van der Waals surface area contributed by atoms with Crippen molar-refractivity contribution in [2.45, 2.75) is 12.1 Å². The number of primary sulfonamides is 1. The van der Waals surface area contributed by atoms with Gasteiger partial charge in [0.25, 0.3) is 15.2 Å². The van der Waals surface area contributed by atoms with Crippen molar-refractivity contribution in [2.24, 2.45) is 5.14 Å². The van der Waals surface area contributed by atoms with Gasteiger partial charge in [0.05, 0.1) is 0 Å². The number of rotatable bonds is 2. The molecule has 0 saturated heterocycles. The zero-order chi connectivity index (χ0) is 13.6. The van der Waals surface area contributed by atoms with Crippen LogP contribution >= 0.6 is 0 Å². The quantitative estimate of drug-likeness (QED) is 0.730. The van der Waals surface area contributed by atoms with Crippen LogP contribution in [0, 0.1) is 6.92 Å². The highest BCUT2D eigenvalue weighted by Crippen LogP contribution is 2.26. The lowest BCUT2D eigenvalue weighted by Gasteiger charge is -1.89. The van der Waals surface area contributed by atoms with Crippen LogP contribution in [0.25, 0.3) is 22.6 Å². The van der Waals surface area contributed by atoms with Crippen molar-refractivity contribution in [3.8, 4) is 11.6 Å². The molecule has 3 N–H and O–H groups in total. The van der Waals surface area contributed by atoms with Crippen LogP contribution in [0.15, 0.2) is 33.8 Å². The fourth-order valence-corrected chi connectivity index (χ4v) is 2.14. The maximum atomic E-state index is 11.1. The van der Waals surface area contributed by atoms with Gasteiger partial charge in [-0.15, -0.1) is 5.10 Å². The standard InChI is InChI=1S/C11H10N4O3S/c1-6-2-3-8-7(4-6)5-9(18-8)10-13-11(15-14-10)19(12,16)17/h2-5H,1H3,(H2,12,16,17)(H,13,14,15). The van der Waals surface area contributed by atoms with E-state index in [1.165, 1.54) is 0 Å². The fourth-order valence-electron chi connectivity index (χ4n) is 1.76. The van der Waals surface area contributed by atoms with Crippen LogP contribution in [-0.2, 0) is 10.0 Å². The van der Waals surface area contributed by atoms with E-state index in [2.05, 4.69) is 15.2 Å². The Morgan fingerprint density at radius 1 is 1.32 bits per heavy atom. The average molecular weight is 278 g/mol. The Hall–Kier alpha value is -2.19. The number of hydrogen-bond acceptors (Lipinski definition) is 5. The second-order valence-electron chi connectivity index (χ2n) is 4.16. The van der Waals surface area contributed by atoms with Gasteiger partial charge in [-0.1, -0.05) is 11.6 Å². The van der Waals surface area contributed by atoms with Crippen LogP contribution < -0.4 is 5.14 Å². The lowest BCUT2D eigenvalue weighted by atomic mass is 10.2. The summed E-state index contributed by atoms with van der Waals surface area (Å²) in [7, 11) is -3.90. The van der Waals surface area contributed by atoms with Crippen LogP contribution in [0.5, 0.6) is 0 Å². The van der Waals surface area contributed by atoms with Crippen LogP contribution in [0.4, 0.5) is 0 Å². The molecule has 3 rings (SSSR count). The molecule has 0 radical (unpaired) electrons. The number of hydrogen-bond donors (Lipinski definition) is 2. The first-order valence-corrected chi connectivity index (χ1v) is 6.94. The molecule has 0 saturated carbocycles. The normalized spacial score (nSPS) is 12.1. The molecule has 98 valence electrons. The summed E-state index contributed by atoms with van der Waals surface area (Å²) in [4.78, 5) is 3.80. The number of nitrogens with two attached hydrogens (primary N) is 1. The van der Waals surface area contributed by atoms with Crippen molar-refractivity contribution in [1.82, 2.24) is 15.2 Å². The molecule has 1 aromatic carbocycles. The van der Waals surface area contributed by atoms with E-state index in [4.69, 9.17) is 9.56 Å². The minimum Gasteiger partial charge on any atom is -0.453 e. The van der Waals surface area contributed by atoms with Crippen LogP contribution in [-0.4, -0.2) is 23.6 Å². The van der Waals surface area contributed by atoms with Crippen LogP contribution in [0.2, 0.25) is 0 Å². The van der Waals surface area contributed by atoms with E-state index in [0.29, 0.717) is 11.3 Å². The highest BCUT2D eigenvalue weighted by molar-refractivity contribution is 7.89. The molecule has 0 fully saturated rings. The summed E-state index contributed by atoms with van der Waals surface area (Å²) in [5.41, 5.74) is 1.78. The second-order valence-corrected chi connectivity index (χ2v) is 5.64. The highest BCUT2D eigenvalue weighted by Gasteiger charge is 2.17. The molecule has 0 bridgehead atoms. The van der Waals surface area contributed by atoms with E-state index in [1.54, 1.807) is 6.07 Å². The summed E-state index contributed by atoms with van der Waals surface area (Å²) in [5.74, 6) is 0.532. The number of furan rings is 1. The van der Waals surface area contributed by atoms with E-state index in [9.17, 15) is 8.42 Å². The average Bonchev–Trinajstić information content (AvgIpc) is 2.92. The summed E-state index contributed by atoms with van der Waals surface area (Å²) < 4.78 is 27.8. The smallest absolute Gasteiger partial charge is 0.273 e. The van der Waals surface area contributed by atoms with Gasteiger partial charge >= 0.3 is 0 Å². The maximum absolute atomic E-state index is 11.1. The minimum atomic E-state index is -3.90. The first-order chi connectivity index (χ1) is 8.93. The Balaban J connectivity index is 2.11. The number of H-pyrrole nitrogens is 1. The van der Waals surface area contributed by atoms with E-state index in [0.717, 1.165) is 10.9 Å². The lowest BCUT2D eigenvalue weighted by molar-refractivity contribution is 0.589. The minimum absolute atomic E-state index is 0.151. The SMILES string of the molecule is Cc1ccc2oc(-c3n[nH]c(S(N)(=O)=O)n3)cc2c1. The number of sulfonamides is 1. The summed E-state index contributed by atoms with van der Waals surface area (Å²) in [5, 5.41) is 11.5. The van der Waals surface area contributed by atoms with Crippen molar-refractivity contribution in [1.29, 1.82) is 0 Å². The summed E-state index contributed by atoms with van der Waals surface area (Å²) >= 11 is 0. The molecule has 2 aromatic heterocycles. The van der Waals surface area contributed by atoms with Gasteiger partial charge in [0.2, 0.25) is 5.82 Å².